The SMILES string of the molecule is CC(C)C(C(=O)NCCCN1CCN(c2ccccc2)CC1)n1cnc2cc(F)c(F)cc21. The Bertz CT molecular complexity index is 1080. The van der Waals surface area contributed by atoms with Crippen LogP contribution in [0.25, 0.3) is 11.0 Å². The van der Waals surface area contributed by atoms with E-state index in [0.717, 1.165) is 51.3 Å². The van der Waals surface area contributed by atoms with Gasteiger partial charge in [0.1, 0.15) is 6.04 Å². The molecule has 2 heterocycles. The van der Waals surface area contributed by atoms with Gasteiger partial charge in [0.25, 0.3) is 0 Å². The minimum absolute atomic E-state index is 0.0402. The number of nitrogens with zero attached hydrogens (tertiary/aromatic N) is 4. The number of anilines is 1. The molecule has 1 N–H and O–H groups in total. The van der Waals surface area contributed by atoms with E-state index in [2.05, 4.69) is 44.4 Å². The van der Waals surface area contributed by atoms with Crippen LogP contribution in [0.4, 0.5) is 14.5 Å². The van der Waals surface area contributed by atoms with E-state index in [9.17, 15) is 13.6 Å². The molecule has 1 aliphatic heterocycles. The van der Waals surface area contributed by atoms with Crippen molar-refractivity contribution in [3.05, 3.63) is 60.4 Å². The second kappa shape index (κ2) is 10.3. The predicted molar refractivity (Wildman–Crippen MR) is 126 cm³/mol. The Kier molecular flexibility index (Phi) is 7.23. The maximum Gasteiger partial charge on any atom is 0.243 e. The van der Waals surface area contributed by atoms with E-state index in [0.29, 0.717) is 17.6 Å². The molecule has 0 bridgehead atoms. The molecule has 1 aliphatic rings. The number of benzene rings is 2. The summed E-state index contributed by atoms with van der Waals surface area (Å²) in [6.45, 7) is 9.35. The van der Waals surface area contributed by atoms with Gasteiger partial charge in [-0.15, -0.1) is 0 Å². The number of halogens is 2. The minimum Gasteiger partial charge on any atom is -0.369 e. The Morgan fingerprint density at radius 1 is 1.06 bits per heavy atom. The summed E-state index contributed by atoms with van der Waals surface area (Å²) in [5.74, 6) is -2.06. The highest BCUT2D eigenvalue weighted by atomic mass is 19.2. The normalized spacial score (nSPS) is 15.8. The van der Waals surface area contributed by atoms with Gasteiger partial charge in [-0.2, -0.15) is 0 Å². The fourth-order valence-electron chi connectivity index (χ4n) is 4.48. The van der Waals surface area contributed by atoms with Gasteiger partial charge in [-0.25, -0.2) is 13.8 Å². The monoisotopic (exact) mass is 455 g/mol. The van der Waals surface area contributed by atoms with E-state index in [-0.39, 0.29) is 11.8 Å². The lowest BCUT2D eigenvalue weighted by Crippen LogP contribution is -2.47. The number of para-hydroxylation sites is 1. The number of fused-ring (bicyclic) bond motifs is 1. The standard InChI is InChI=1S/C25H31F2N5O/c1-18(2)24(32-17-29-22-15-20(26)21(27)16-23(22)32)25(33)28-9-6-10-30-11-13-31(14-12-30)19-7-4-3-5-8-19/h3-5,7-8,15-18,24H,6,9-14H2,1-2H3,(H,28,33). The molecule has 6 nitrogen and oxygen atoms in total. The molecule has 176 valence electrons. The zero-order valence-electron chi connectivity index (χ0n) is 19.2. The third kappa shape index (κ3) is 5.33. The number of piperazine rings is 1. The molecule has 0 saturated carbocycles. The lowest BCUT2D eigenvalue weighted by Gasteiger charge is -2.36. The molecule has 0 aliphatic carbocycles. The van der Waals surface area contributed by atoms with Crippen molar-refractivity contribution in [2.24, 2.45) is 5.92 Å². The summed E-state index contributed by atoms with van der Waals surface area (Å²) >= 11 is 0. The number of rotatable bonds is 8. The molecule has 33 heavy (non-hydrogen) atoms. The third-order valence-electron chi connectivity index (χ3n) is 6.26. The van der Waals surface area contributed by atoms with Crippen LogP contribution >= 0.6 is 0 Å². The van der Waals surface area contributed by atoms with Crippen LogP contribution in [-0.2, 0) is 4.79 Å². The highest BCUT2D eigenvalue weighted by Crippen LogP contribution is 2.25. The van der Waals surface area contributed by atoms with E-state index in [1.807, 2.05) is 19.9 Å². The molecule has 1 saturated heterocycles. The second-order valence-corrected chi connectivity index (χ2v) is 8.90. The number of nitrogens with one attached hydrogen (secondary N) is 1. The van der Waals surface area contributed by atoms with Gasteiger partial charge in [0.15, 0.2) is 11.6 Å². The zero-order valence-corrected chi connectivity index (χ0v) is 19.2. The zero-order chi connectivity index (χ0) is 23.4. The summed E-state index contributed by atoms with van der Waals surface area (Å²) in [6.07, 6.45) is 2.34. The first-order chi connectivity index (χ1) is 15.9. The van der Waals surface area contributed by atoms with Crippen molar-refractivity contribution >= 4 is 22.6 Å². The van der Waals surface area contributed by atoms with Crippen LogP contribution < -0.4 is 10.2 Å². The first-order valence-electron chi connectivity index (χ1n) is 11.6. The molecular formula is C25H31F2N5O. The molecule has 3 aromatic rings. The summed E-state index contributed by atoms with van der Waals surface area (Å²) in [5.41, 5.74) is 2.01. The lowest BCUT2D eigenvalue weighted by atomic mass is 10.0. The predicted octanol–water partition coefficient (Wildman–Crippen LogP) is 3.84. The van der Waals surface area contributed by atoms with Crippen LogP contribution in [0.5, 0.6) is 0 Å². The summed E-state index contributed by atoms with van der Waals surface area (Å²) in [6, 6.07) is 12.1. The van der Waals surface area contributed by atoms with Gasteiger partial charge in [-0.1, -0.05) is 32.0 Å². The van der Waals surface area contributed by atoms with E-state index >= 15 is 0 Å². The second-order valence-electron chi connectivity index (χ2n) is 8.90. The Hall–Kier alpha value is -3.00. The maximum absolute atomic E-state index is 13.8. The molecule has 8 heteroatoms. The molecular weight excluding hydrogens is 424 g/mol. The van der Waals surface area contributed by atoms with Gasteiger partial charge in [0, 0.05) is 50.5 Å². The third-order valence-corrected chi connectivity index (χ3v) is 6.26. The number of carbonyl (C=O) groups excluding carboxylic acids is 1. The van der Waals surface area contributed by atoms with Gasteiger partial charge in [0.2, 0.25) is 5.91 Å². The van der Waals surface area contributed by atoms with Crippen LogP contribution in [0.1, 0.15) is 26.3 Å². The van der Waals surface area contributed by atoms with Crippen molar-refractivity contribution in [3.63, 3.8) is 0 Å². The van der Waals surface area contributed by atoms with Gasteiger partial charge in [-0.3, -0.25) is 9.69 Å². The largest absolute Gasteiger partial charge is 0.369 e. The van der Waals surface area contributed by atoms with Crippen LogP contribution in [0.3, 0.4) is 0 Å². The van der Waals surface area contributed by atoms with Crippen molar-refractivity contribution in [3.8, 4) is 0 Å². The summed E-state index contributed by atoms with van der Waals surface area (Å²) < 4.78 is 29.0. The van der Waals surface area contributed by atoms with Crippen LogP contribution in [0, 0.1) is 17.6 Å². The van der Waals surface area contributed by atoms with E-state index in [4.69, 9.17) is 0 Å². The summed E-state index contributed by atoms with van der Waals surface area (Å²) in [5, 5.41) is 3.02. The molecule has 0 radical (unpaired) electrons. The number of aromatic nitrogens is 2. The van der Waals surface area contributed by atoms with Crippen LogP contribution in [-0.4, -0.2) is 59.6 Å². The number of amides is 1. The fraction of sp³-hybridized carbons (Fsp3) is 0.440. The van der Waals surface area contributed by atoms with Crippen molar-refractivity contribution < 1.29 is 13.6 Å². The number of carbonyl (C=O) groups is 1. The Morgan fingerprint density at radius 2 is 1.76 bits per heavy atom. The number of imidazole rings is 1. The molecule has 2 aromatic carbocycles. The number of hydrogen-bond acceptors (Lipinski definition) is 4. The molecule has 1 fully saturated rings. The van der Waals surface area contributed by atoms with Crippen LogP contribution in [0.2, 0.25) is 0 Å². The van der Waals surface area contributed by atoms with Gasteiger partial charge in [-0.05, 0) is 31.0 Å². The lowest BCUT2D eigenvalue weighted by molar-refractivity contribution is -0.125. The molecule has 0 spiro atoms. The number of hydrogen-bond donors (Lipinski definition) is 1. The summed E-state index contributed by atoms with van der Waals surface area (Å²) in [7, 11) is 0. The van der Waals surface area contributed by atoms with Gasteiger partial charge in [0.05, 0.1) is 17.4 Å². The smallest absolute Gasteiger partial charge is 0.243 e. The quantitative estimate of drug-likeness (QED) is 0.525. The fourth-order valence-corrected chi connectivity index (χ4v) is 4.48. The van der Waals surface area contributed by atoms with E-state index < -0.39 is 17.7 Å². The molecule has 1 unspecified atom stereocenters. The van der Waals surface area contributed by atoms with Gasteiger partial charge >= 0.3 is 0 Å². The van der Waals surface area contributed by atoms with Crippen molar-refractivity contribution in [1.82, 2.24) is 19.8 Å². The first kappa shape index (κ1) is 23.2. The summed E-state index contributed by atoms with van der Waals surface area (Å²) in [4.78, 5) is 22.0. The molecule has 1 atom stereocenters. The highest BCUT2D eigenvalue weighted by Gasteiger charge is 2.26. The average molecular weight is 456 g/mol. The Labute approximate surface area is 193 Å². The van der Waals surface area contributed by atoms with Crippen molar-refractivity contribution in [2.45, 2.75) is 26.3 Å². The molecule has 1 aromatic heterocycles. The maximum atomic E-state index is 13.8. The highest BCUT2D eigenvalue weighted by molar-refractivity contribution is 5.84. The Morgan fingerprint density at radius 3 is 2.45 bits per heavy atom. The first-order valence-corrected chi connectivity index (χ1v) is 11.6. The average Bonchev–Trinajstić information content (AvgIpc) is 3.20. The minimum atomic E-state index is -0.945. The molecule has 4 rings (SSSR count). The topological polar surface area (TPSA) is 53.4 Å². The van der Waals surface area contributed by atoms with Crippen LogP contribution in [0.15, 0.2) is 48.8 Å². The molecule has 1 amide bonds. The van der Waals surface area contributed by atoms with E-state index in [1.54, 1.807) is 4.57 Å². The van der Waals surface area contributed by atoms with Crippen molar-refractivity contribution in [1.29, 1.82) is 0 Å². The van der Waals surface area contributed by atoms with Crippen molar-refractivity contribution in [2.75, 3.05) is 44.2 Å². The van der Waals surface area contributed by atoms with E-state index in [1.165, 1.54) is 12.0 Å². The Balaban J connectivity index is 1.28. The van der Waals surface area contributed by atoms with Gasteiger partial charge < -0.3 is 14.8 Å².